The molecule has 2 N–H and O–H groups in total. The van der Waals surface area contributed by atoms with Gasteiger partial charge in [0.2, 0.25) is 5.92 Å². The predicted octanol–water partition coefficient (Wildman–Crippen LogP) is 3.73. The number of para-hydroxylation sites is 1. The Labute approximate surface area is 117 Å². The monoisotopic (exact) mass is 278 g/mol. The molecular weight excluding hydrogens is 258 g/mol. The second-order valence-corrected chi connectivity index (χ2v) is 6.00. The van der Waals surface area contributed by atoms with Crippen LogP contribution in [0, 0.1) is 5.92 Å². The van der Waals surface area contributed by atoms with Crippen LogP contribution in [0.25, 0.3) is 10.9 Å². The first-order chi connectivity index (χ1) is 9.53. The van der Waals surface area contributed by atoms with Gasteiger partial charge in [0.05, 0.1) is 0 Å². The van der Waals surface area contributed by atoms with Crippen molar-refractivity contribution in [3.8, 4) is 0 Å². The molecular formula is C16H20F2N2. The summed E-state index contributed by atoms with van der Waals surface area (Å²) in [5.74, 6) is -2.28. The number of halogens is 2. The van der Waals surface area contributed by atoms with E-state index < -0.39 is 5.92 Å². The lowest BCUT2D eigenvalue weighted by Crippen LogP contribution is -2.43. The lowest BCUT2D eigenvalue weighted by atomic mass is 9.81. The van der Waals surface area contributed by atoms with Crippen LogP contribution < -0.4 is 5.32 Å². The molecule has 0 bridgehead atoms. The summed E-state index contributed by atoms with van der Waals surface area (Å²) >= 11 is 0. The lowest BCUT2D eigenvalue weighted by molar-refractivity contribution is -0.109. The van der Waals surface area contributed by atoms with Crippen molar-refractivity contribution in [1.29, 1.82) is 0 Å². The topological polar surface area (TPSA) is 27.8 Å². The van der Waals surface area contributed by atoms with Gasteiger partial charge in [-0.15, -0.1) is 0 Å². The number of aromatic amines is 1. The fourth-order valence-electron chi connectivity index (χ4n) is 3.00. The molecule has 1 aliphatic rings. The molecule has 0 spiro atoms. The van der Waals surface area contributed by atoms with E-state index in [1.54, 1.807) is 0 Å². The molecule has 0 aliphatic heterocycles. The third kappa shape index (κ3) is 2.85. The van der Waals surface area contributed by atoms with Crippen LogP contribution in [0.5, 0.6) is 0 Å². The Hall–Kier alpha value is -1.42. The fourth-order valence-corrected chi connectivity index (χ4v) is 3.00. The van der Waals surface area contributed by atoms with Crippen molar-refractivity contribution in [3.05, 3.63) is 36.0 Å². The van der Waals surface area contributed by atoms with Gasteiger partial charge in [0, 0.05) is 36.0 Å². The molecule has 4 heteroatoms. The summed E-state index contributed by atoms with van der Waals surface area (Å²) in [6.07, 6.45) is 3.03. The Bertz CT molecular complexity index is 583. The van der Waals surface area contributed by atoms with Gasteiger partial charge in [0.1, 0.15) is 0 Å². The average molecular weight is 278 g/mol. The van der Waals surface area contributed by atoms with Crippen molar-refractivity contribution in [2.75, 3.05) is 6.54 Å². The van der Waals surface area contributed by atoms with Gasteiger partial charge in [-0.05, 0) is 37.4 Å². The molecule has 0 amide bonds. The highest BCUT2D eigenvalue weighted by Gasteiger charge is 2.44. The number of fused-ring (bicyclic) bond motifs is 1. The maximum absolute atomic E-state index is 12.8. The summed E-state index contributed by atoms with van der Waals surface area (Å²) in [6, 6.07) is 8.52. The van der Waals surface area contributed by atoms with E-state index in [0.717, 1.165) is 11.9 Å². The quantitative estimate of drug-likeness (QED) is 0.857. The highest BCUT2D eigenvalue weighted by Crippen LogP contribution is 2.41. The van der Waals surface area contributed by atoms with Crippen LogP contribution in [0.3, 0.4) is 0 Å². The standard InChI is InChI=1S/C16H20F2N2/c1-11(19-9-12-7-16(17,18)8-12)6-13-10-20-15-5-3-2-4-14(13)15/h2-5,10-12,19-20H,6-9H2,1H3/t11-/m1/s1. The van der Waals surface area contributed by atoms with Gasteiger partial charge in [-0.1, -0.05) is 18.2 Å². The van der Waals surface area contributed by atoms with Crippen LogP contribution in [0.2, 0.25) is 0 Å². The molecule has 20 heavy (non-hydrogen) atoms. The zero-order valence-corrected chi connectivity index (χ0v) is 11.6. The minimum absolute atomic E-state index is 0.0415. The number of hydrogen-bond acceptors (Lipinski definition) is 1. The molecule has 0 unspecified atom stereocenters. The first-order valence-electron chi connectivity index (χ1n) is 7.20. The van der Waals surface area contributed by atoms with Crippen LogP contribution in [-0.2, 0) is 6.42 Å². The zero-order chi connectivity index (χ0) is 14.2. The van der Waals surface area contributed by atoms with Gasteiger partial charge >= 0.3 is 0 Å². The predicted molar refractivity (Wildman–Crippen MR) is 77.1 cm³/mol. The van der Waals surface area contributed by atoms with Gasteiger partial charge in [0.25, 0.3) is 0 Å². The van der Waals surface area contributed by atoms with Gasteiger partial charge in [0.15, 0.2) is 0 Å². The average Bonchev–Trinajstić information content (AvgIpc) is 2.77. The highest BCUT2D eigenvalue weighted by atomic mass is 19.3. The van der Waals surface area contributed by atoms with Gasteiger partial charge in [-0.3, -0.25) is 0 Å². The molecule has 1 aromatic carbocycles. The van der Waals surface area contributed by atoms with Gasteiger partial charge in [-0.2, -0.15) is 0 Å². The molecule has 0 saturated heterocycles. The Morgan fingerprint density at radius 1 is 1.35 bits per heavy atom. The van der Waals surface area contributed by atoms with E-state index in [1.165, 1.54) is 10.9 Å². The zero-order valence-electron chi connectivity index (χ0n) is 11.6. The SMILES string of the molecule is C[C@H](Cc1c[nH]c2ccccc12)NCC1CC(F)(F)C1. The van der Waals surface area contributed by atoms with Crippen LogP contribution in [0.15, 0.2) is 30.5 Å². The molecule has 2 nitrogen and oxygen atoms in total. The Morgan fingerprint density at radius 3 is 2.85 bits per heavy atom. The van der Waals surface area contributed by atoms with Crippen molar-refractivity contribution < 1.29 is 8.78 Å². The summed E-state index contributed by atoms with van der Waals surface area (Å²) in [7, 11) is 0. The van der Waals surface area contributed by atoms with Crippen LogP contribution in [0.1, 0.15) is 25.3 Å². The number of nitrogens with one attached hydrogen (secondary N) is 2. The number of H-pyrrole nitrogens is 1. The summed E-state index contributed by atoms with van der Waals surface area (Å²) < 4.78 is 25.5. The van der Waals surface area contributed by atoms with Crippen LogP contribution >= 0.6 is 0 Å². The van der Waals surface area contributed by atoms with E-state index in [0.29, 0.717) is 12.6 Å². The first-order valence-corrected chi connectivity index (χ1v) is 7.20. The van der Waals surface area contributed by atoms with Crippen LogP contribution in [0.4, 0.5) is 8.78 Å². The third-order valence-electron chi connectivity index (χ3n) is 4.13. The number of rotatable bonds is 5. The van der Waals surface area contributed by atoms with Crippen molar-refractivity contribution >= 4 is 10.9 Å². The van der Waals surface area contributed by atoms with E-state index in [2.05, 4.69) is 29.4 Å². The van der Waals surface area contributed by atoms with E-state index in [9.17, 15) is 8.78 Å². The summed E-state index contributed by atoms with van der Waals surface area (Å²) in [4.78, 5) is 3.26. The van der Waals surface area contributed by atoms with Crippen molar-refractivity contribution in [2.24, 2.45) is 5.92 Å². The van der Waals surface area contributed by atoms with E-state index in [1.807, 2.05) is 18.3 Å². The summed E-state index contributed by atoms with van der Waals surface area (Å²) in [5.41, 5.74) is 2.42. The molecule has 1 aromatic heterocycles. The molecule has 1 atom stereocenters. The smallest absolute Gasteiger partial charge is 0.248 e. The number of alkyl halides is 2. The molecule has 0 radical (unpaired) electrons. The van der Waals surface area contributed by atoms with E-state index in [-0.39, 0.29) is 18.8 Å². The first kappa shape index (κ1) is 13.6. The Balaban J connectivity index is 1.53. The number of benzene rings is 1. The summed E-state index contributed by atoms with van der Waals surface area (Å²) in [5, 5.41) is 4.62. The normalized spacial score (nSPS) is 19.9. The van der Waals surface area contributed by atoms with Gasteiger partial charge < -0.3 is 10.3 Å². The second kappa shape index (κ2) is 5.17. The van der Waals surface area contributed by atoms with Crippen molar-refractivity contribution in [3.63, 3.8) is 0 Å². The second-order valence-electron chi connectivity index (χ2n) is 6.00. The Morgan fingerprint density at radius 2 is 2.10 bits per heavy atom. The molecule has 1 fully saturated rings. The van der Waals surface area contributed by atoms with Crippen molar-refractivity contribution in [2.45, 2.75) is 38.2 Å². The third-order valence-corrected chi connectivity index (χ3v) is 4.13. The largest absolute Gasteiger partial charge is 0.361 e. The number of hydrogen-bond donors (Lipinski definition) is 2. The maximum Gasteiger partial charge on any atom is 0.248 e. The lowest BCUT2D eigenvalue weighted by Gasteiger charge is -2.35. The maximum atomic E-state index is 12.8. The molecule has 3 rings (SSSR count). The summed E-state index contributed by atoms with van der Waals surface area (Å²) in [6.45, 7) is 2.80. The molecule has 1 aliphatic carbocycles. The van der Waals surface area contributed by atoms with Crippen molar-refractivity contribution in [1.82, 2.24) is 10.3 Å². The van der Waals surface area contributed by atoms with E-state index >= 15 is 0 Å². The van der Waals surface area contributed by atoms with E-state index in [4.69, 9.17) is 0 Å². The van der Waals surface area contributed by atoms with Gasteiger partial charge in [-0.25, -0.2) is 8.78 Å². The highest BCUT2D eigenvalue weighted by molar-refractivity contribution is 5.83. The minimum Gasteiger partial charge on any atom is -0.361 e. The molecule has 2 aromatic rings. The van der Waals surface area contributed by atoms with Crippen LogP contribution in [-0.4, -0.2) is 23.5 Å². The fraction of sp³-hybridized carbons (Fsp3) is 0.500. The number of aromatic nitrogens is 1. The molecule has 108 valence electrons. The molecule has 1 saturated carbocycles. The molecule has 1 heterocycles. The minimum atomic E-state index is -2.41. The Kier molecular flexibility index (Phi) is 3.50.